The van der Waals surface area contributed by atoms with E-state index in [4.69, 9.17) is 11.6 Å². The third-order valence-electron chi connectivity index (χ3n) is 3.56. The number of phenolic OH excluding ortho intramolecular Hbond substituents is 2. The summed E-state index contributed by atoms with van der Waals surface area (Å²) in [5, 5.41) is 51.3. The number of pyridine rings is 1. The summed E-state index contributed by atoms with van der Waals surface area (Å²) < 4.78 is 0.492. The average molecular weight is 362 g/mol. The van der Waals surface area contributed by atoms with Crippen LogP contribution < -0.4 is 4.73 Å². The number of halogens is 1. The SMILES string of the molecule is Cc1cc(C)[n+]([O-])c(Cl)c1/C=C(/C#N)c1cc(O)c(O)c([N+](=O)[O-])c1. The number of aromatic hydroxyl groups is 2. The third kappa shape index (κ3) is 3.32. The predicted molar refractivity (Wildman–Crippen MR) is 89.8 cm³/mol. The molecule has 0 saturated carbocycles. The monoisotopic (exact) mass is 361 g/mol. The highest BCUT2D eigenvalue weighted by Crippen LogP contribution is 2.38. The molecule has 9 heteroatoms. The summed E-state index contributed by atoms with van der Waals surface area (Å²) in [5.74, 6) is -1.64. The van der Waals surface area contributed by atoms with Crippen LogP contribution in [0.15, 0.2) is 18.2 Å². The Morgan fingerprint density at radius 3 is 2.56 bits per heavy atom. The first-order valence-electron chi connectivity index (χ1n) is 6.89. The Kier molecular flexibility index (Phi) is 4.81. The zero-order valence-electron chi connectivity index (χ0n) is 13.1. The molecule has 0 spiro atoms. The molecule has 0 aliphatic carbocycles. The summed E-state index contributed by atoms with van der Waals surface area (Å²) in [6.45, 7) is 3.27. The minimum absolute atomic E-state index is 0.00186. The van der Waals surface area contributed by atoms with Crippen molar-refractivity contribution in [1.29, 1.82) is 5.26 Å². The second-order valence-electron chi connectivity index (χ2n) is 5.26. The molecule has 2 aromatic rings. The fourth-order valence-electron chi connectivity index (χ4n) is 2.27. The second kappa shape index (κ2) is 6.67. The van der Waals surface area contributed by atoms with E-state index in [1.807, 2.05) is 6.07 Å². The number of nitro groups is 1. The normalized spacial score (nSPS) is 11.2. The fourth-order valence-corrected chi connectivity index (χ4v) is 2.61. The molecule has 0 radical (unpaired) electrons. The number of rotatable bonds is 3. The summed E-state index contributed by atoms with van der Waals surface area (Å²) in [7, 11) is 0. The minimum atomic E-state index is -0.895. The van der Waals surface area contributed by atoms with Gasteiger partial charge in [0.1, 0.15) is 0 Å². The molecule has 2 rings (SSSR count). The van der Waals surface area contributed by atoms with Gasteiger partial charge in [0.05, 0.1) is 22.1 Å². The Bertz CT molecular complexity index is 963. The van der Waals surface area contributed by atoms with E-state index in [1.54, 1.807) is 19.9 Å². The van der Waals surface area contributed by atoms with E-state index in [0.29, 0.717) is 16.0 Å². The number of allylic oxidation sites excluding steroid dienone is 1. The number of nitrogens with zero attached hydrogens (tertiary/aromatic N) is 3. The molecule has 0 bridgehead atoms. The lowest BCUT2D eigenvalue weighted by atomic mass is 10.0. The maximum atomic E-state index is 11.9. The molecule has 1 heterocycles. The molecule has 128 valence electrons. The smallest absolute Gasteiger partial charge is 0.315 e. The third-order valence-corrected chi connectivity index (χ3v) is 3.91. The Balaban J connectivity index is 2.71. The quantitative estimate of drug-likeness (QED) is 0.164. The Labute approximate surface area is 147 Å². The van der Waals surface area contributed by atoms with Crippen molar-refractivity contribution in [2.75, 3.05) is 0 Å². The summed E-state index contributed by atoms with van der Waals surface area (Å²) in [5.41, 5.74) is 0.442. The number of aromatic nitrogens is 1. The highest BCUT2D eigenvalue weighted by molar-refractivity contribution is 6.30. The van der Waals surface area contributed by atoms with Crippen molar-refractivity contribution in [3.63, 3.8) is 0 Å². The van der Waals surface area contributed by atoms with Gasteiger partial charge in [0.2, 0.25) is 5.75 Å². The Morgan fingerprint density at radius 1 is 1.36 bits per heavy atom. The van der Waals surface area contributed by atoms with E-state index >= 15 is 0 Å². The zero-order chi connectivity index (χ0) is 18.9. The number of nitriles is 1. The zero-order valence-corrected chi connectivity index (χ0v) is 13.9. The minimum Gasteiger partial charge on any atom is -0.617 e. The number of nitro benzene ring substituents is 1. The van der Waals surface area contributed by atoms with Gasteiger partial charge in [-0.05, 0) is 36.2 Å². The van der Waals surface area contributed by atoms with Crippen LogP contribution >= 0.6 is 11.6 Å². The number of hydrogen-bond donors (Lipinski definition) is 2. The van der Waals surface area contributed by atoms with Crippen LogP contribution in [0.3, 0.4) is 0 Å². The average Bonchev–Trinajstić information content (AvgIpc) is 2.55. The molecular formula is C16H12ClN3O5. The van der Waals surface area contributed by atoms with Crippen molar-refractivity contribution in [2.24, 2.45) is 0 Å². The number of aryl methyl sites for hydroxylation is 2. The molecule has 1 aromatic heterocycles. The van der Waals surface area contributed by atoms with Gasteiger partial charge < -0.3 is 15.4 Å². The molecule has 2 N–H and O–H groups in total. The first kappa shape index (κ1) is 18.0. The maximum Gasteiger partial charge on any atom is 0.315 e. The van der Waals surface area contributed by atoms with Crippen LogP contribution in [0, 0.1) is 40.5 Å². The molecular weight excluding hydrogens is 350 g/mol. The van der Waals surface area contributed by atoms with E-state index < -0.39 is 22.1 Å². The van der Waals surface area contributed by atoms with Crippen LogP contribution in [0.4, 0.5) is 5.69 Å². The lowest BCUT2D eigenvalue weighted by Crippen LogP contribution is -2.32. The summed E-state index contributed by atoms with van der Waals surface area (Å²) in [4.78, 5) is 10.1. The van der Waals surface area contributed by atoms with Crippen molar-refractivity contribution in [1.82, 2.24) is 0 Å². The molecule has 8 nitrogen and oxygen atoms in total. The summed E-state index contributed by atoms with van der Waals surface area (Å²) in [6.07, 6.45) is 1.29. The largest absolute Gasteiger partial charge is 0.617 e. The summed E-state index contributed by atoms with van der Waals surface area (Å²) in [6, 6.07) is 5.39. The first-order valence-corrected chi connectivity index (χ1v) is 7.27. The molecule has 0 fully saturated rings. The van der Waals surface area contributed by atoms with Gasteiger partial charge >= 0.3 is 5.69 Å². The van der Waals surface area contributed by atoms with Crippen LogP contribution in [0.25, 0.3) is 11.6 Å². The Hall–Kier alpha value is -3.31. The van der Waals surface area contributed by atoms with Crippen molar-refractivity contribution < 1.29 is 19.9 Å². The topological polar surface area (TPSA) is 134 Å². The van der Waals surface area contributed by atoms with Crippen molar-refractivity contribution in [2.45, 2.75) is 13.8 Å². The first-order chi connectivity index (χ1) is 11.7. The molecule has 25 heavy (non-hydrogen) atoms. The van der Waals surface area contributed by atoms with E-state index in [1.165, 1.54) is 6.08 Å². The van der Waals surface area contributed by atoms with E-state index in [0.717, 1.165) is 12.1 Å². The predicted octanol–water partition coefficient (Wildman–Crippen LogP) is 2.97. The van der Waals surface area contributed by atoms with Gasteiger partial charge in [-0.1, -0.05) is 0 Å². The van der Waals surface area contributed by atoms with Crippen molar-refractivity contribution in [3.05, 3.63) is 61.1 Å². The van der Waals surface area contributed by atoms with Crippen LogP contribution in [0.5, 0.6) is 11.5 Å². The van der Waals surface area contributed by atoms with Gasteiger partial charge in [-0.3, -0.25) is 10.1 Å². The Morgan fingerprint density at radius 2 is 2.00 bits per heavy atom. The molecule has 0 atom stereocenters. The number of benzene rings is 1. The molecule has 0 amide bonds. The van der Waals surface area contributed by atoms with Crippen LogP contribution in [-0.2, 0) is 0 Å². The number of hydrogen-bond acceptors (Lipinski definition) is 6. The van der Waals surface area contributed by atoms with E-state index in [-0.39, 0.29) is 21.9 Å². The standard InChI is InChI=1S/C16H12ClN3O5/c1-8-3-9(2)19(23)16(17)12(8)4-11(7-18)10-5-13(20(24)25)15(22)14(21)6-10/h3-6,21-22H,1-2H3/b11-4-. The van der Waals surface area contributed by atoms with Gasteiger partial charge in [-0.2, -0.15) is 9.99 Å². The van der Waals surface area contributed by atoms with E-state index in [2.05, 4.69) is 0 Å². The van der Waals surface area contributed by atoms with Gasteiger partial charge in [-0.15, -0.1) is 0 Å². The molecule has 0 aliphatic rings. The molecule has 0 saturated heterocycles. The molecule has 0 aliphatic heterocycles. The van der Waals surface area contributed by atoms with Gasteiger partial charge in [0.15, 0.2) is 11.4 Å². The van der Waals surface area contributed by atoms with Crippen LogP contribution in [0.1, 0.15) is 22.4 Å². The van der Waals surface area contributed by atoms with Crippen LogP contribution in [0.2, 0.25) is 5.15 Å². The van der Waals surface area contributed by atoms with E-state index in [9.17, 15) is 30.8 Å². The second-order valence-corrected chi connectivity index (χ2v) is 5.62. The van der Waals surface area contributed by atoms with Crippen LogP contribution in [-0.4, -0.2) is 15.1 Å². The highest BCUT2D eigenvalue weighted by Gasteiger charge is 2.21. The fraction of sp³-hybridized carbons (Fsp3) is 0.125. The lowest BCUT2D eigenvalue weighted by Gasteiger charge is -2.09. The van der Waals surface area contributed by atoms with Gasteiger partial charge in [-0.25, -0.2) is 0 Å². The van der Waals surface area contributed by atoms with Crippen molar-refractivity contribution in [3.8, 4) is 17.6 Å². The van der Waals surface area contributed by atoms with Gasteiger partial charge in [0.25, 0.3) is 5.15 Å². The molecule has 1 aromatic carbocycles. The lowest BCUT2D eigenvalue weighted by molar-refractivity contribution is -0.610. The highest BCUT2D eigenvalue weighted by atomic mass is 35.5. The number of phenols is 2. The summed E-state index contributed by atoms with van der Waals surface area (Å²) >= 11 is 6.03. The maximum absolute atomic E-state index is 11.9. The van der Waals surface area contributed by atoms with Crippen molar-refractivity contribution >= 4 is 28.9 Å². The van der Waals surface area contributed by atoms with Gasteiger partial charge in [0, 0.05) is 24.6 Å². The molecule has 0 unspecified atom stereocenters.